The summed E-state index contributed by atoms with van der Waals surface area (Å²) in [5.41, 5.74) is 0. The van der Waals surface area contributed by atoms with E-state index >= 15 is 0 Å². The molecule has 0 spiro atoms. The second kappa shape index (κ2) is 6.69. The van der Waals surface area contributed by atoms with Crippen LogP contribution in [0.4, 0.5) is 0 Å². The van der Waals surface area contributed by atoms with Gasteiger partial charge in [-0.3, -0.25) is 9.79 Å². The van der Waals surface area contributed by atoms with Gasteiger partial charge in [-0.2, -0.15) is 0 Å². The highest BCUT2D eigenvalue weighted by Gasteiger charge is 2.30. The van der Waals surface area contributed by atoms with Gasteiger partial charge in [0.05, 0.1) is 0 Å². The number of rotatable bonds is 3. The number of carbonyl (C=O) groups is 1. The third-order valence-electron chi connectivity index (χ3n) is 3.70. The van der Waals surface area contributed by atoms with Crippen molar-refractivity contribution in [3.63, 3.8) is 0 Å². The summed E-state index contributed by atoms with van der Waals surface area (Å²) in [5.74, 6) is 0.987. The quantitative estimate of drug-likeness (QED) is 0.718. The topological polar surface area (TPSA) is 41.9 Å². The zero-order valence-corrected chi connectivity index (χ0v) is 11.0. The highest BCUT2D eigenvalue weighted by Crippen LogP contribution is 2.23. The molecule has 2 saturated heterocycles. The molecule has 2 rings (SSSR count). The van der Waals surface area contributed by atoms with E-state index < -0.39 is 0 Å². The predicted molar refractivity (Wildman–Crippen MR) is 71.5 cm³/mol. The molecule has 4 nitrogen and oxygen atoms in total. The fraction of sp³-hybridized carbons (Fsp3) is 0.714. The van der Waals surface area contributed by atoms with Crippen molar-refractivity contribution in [1.82, 2.24) is 4.90 Å². The fourth-order valence-corrected chi connectivity index (χ4v) is 2.60. The van der Waals surface area contributed by atoms with E-state index in [-0.39, 0.29) is 5.92 Å². The van der Waals surface area contributed by atoms with E-state index in [4.69, 9.17) is 4.74 Å². The van der Waals surface area contributed by atoms with Crippen molar-refractivity contribution in [3.8, 4) is 0 Å². The largest absolute Gasteiger partial charge is 0.381 e. The third kappa shape index (κ3) is 3.42. The van der Waals surface area contributed by atoms with Gasteiger partial charge in [0, 0.05) is 44.6 Å². The number of hydrogen-bond donors (Lipinski definition) is 0. The van der Waals surface area contributed by atoms with Crippen LogP contribution in [0.2, 0.25) is 0 Å². The zero-order chi connectivity index (χ0) is 12.8. The standard InChI is InChI=1S/C14H22N2O2/c1-2-15-7-3-12-4-8-16(11-12)14(17)13-5-9-18-10-6-13/h2-3,7,12-13H,4-6,8-11H2,1H3/b7-3-,15-2?. The summed E-state index contributed by atoms with van der Waals surface area (Å²) in [4.78, 5) is 18.4. The molecule has 1 atom stereocenters. The highest BCUT2D eigenvalue weighted by molar-refractivity contribution is 5.79. The monoisotopic (exact) mass is 250 g/mol. The molecule has 0 aliphatic carbocycles. The first-order valence-electron chi connectivity index (χ1n) is 6.82. The molecule has 0 N–H and O–H groups in total. The molecule has 4 heteroatoms. The molecule has 0 aromatic heterocycles. The second-order valence-corrected chi connectivity index (χ2v) is 4.97. The first kappa shape index (κ1) is 13.3. The Morgan fingerprint density at radius 3 is 2.83 bits per heavy atom. The molecule has 18 heavy (non-hydrogen) atoms. The third-order valence-corrected chi connectivity index (χ3v) is 3.70. The van der Waals surface area contributed by atoms with Gasteiger partial charge in [0.2, 0.25) is 5.91 Å². The number of amides is 1. The minimum absolute atomic E-state index is 0.190. The molecule has 0 aromatic carbocycles. The van der Waals surface area contributed by atoms with E-state index in [0.29, 0.717) is 11.8 Å². The lowest BCUT2D eigenvalue weighted by molar-refractivity contribution is -0.137. The Kier molecular flexibility index (Phi) is 4.93. The molecule has 0 radical (unpaired) electrons. The minimum atomic E-state index is 0.190. The molecule has 2 fully saturated rings. The fourth-order valence-electron chi connectivity index (χ4n) is 2.60. The molecule has 100 valence electrons. The van der Waals surface area contributed by atoms with Gasteiger partial charge < -0.3 is 9.64 Å². The second-order valence-electron chi connectivity index (χ2n) is 4.97. The van der Waals surface area contributed by atoms with Gasteiger partial charge in [-0.15, -0.1) is 0 Å². The van der Waals surface area contributed by atoms with E-state index in [0.717, 1.165) is 45.6 Å². The molecular formula is C14H22N2O2. The number of likely N-dealkylation sites (tertiary alicyclic amines) is 1. The highest BCUT2D eigenvalue weighted by atomic mass is 16.5. The average Bonchev–Trinajstić information content (AvgIpc) is 2.88. The van der Waals surface area contributed by atoms with Gasteiger partial charge in [-0.25, -0.2) is 0 Å². The lowest BCUT2D eigenvalue weighted by Gasteiger charge is -2.26. The Bertz CT molecular complexity index is 333. The summed E-state index contributed by atoms with van der Waals surface area (Å²) in [6, 6.07) is 0. The Hall–Kier alpha value is -1.16. The van der Waals surface area contributed by atoms with Crippen LogP contribution >= 0.6 is 0 Å². The average molecular weight is 250 g/mol. The summed E-state index contributed by atoms with van der Waals surface area (Å²) in [7, 11) is 0. The number of carbonyl (C=O) groups excluding carboxylic acids is 1. The van der Waals surface area contributed by atoms with Crippen molar-refractivity contribution in [3.05, 3.63) is 12.3 Å². The maximum atomic E-state index is 12.3. The van der Waals surface area contributed by atoms with Crippen LogP contribution in [0.1, 0.15) is 26.2 Å². The van der Waals surface area contributed by atoms with E-state index in [1.807, 2.05) is 18.0 Å². The van der Waals surface area contributed by atoms with Gasteiger partial charge in [0.25, 0.3) is 0 Å². The van der Waals surface area contributed by atoms with Crippen molar-refractivity contribution in [1.29, 1.82) is 0 Å². The van der Waals surface area contributed by atoms with Crippen molar-refractivity contribution < 1.29 is 9.53 Å². The van der Waals surface area contributed by atoms with Crippen LogP contribution in [-0.4, -0.2) is 43.3 Å². The molecular weight excluding hydrogens is 228 g/mol. The van der Waals surface area contributed by atoms with E-state index in [1.165, 1.54) is 0 Å². The first-order valence-corrected chi connectivity index (χ1v) is 6.82. The molecule has 0 saturated carbocycles. The van der Waals surface area contributed by atoms with Gasteiger partial charge in [-0.1, -0.05) is 6.08 Å². The van der Waals surface area contributed by atoms with Crippen molar-refractivity contribution >= 4 is 12.1 Å². The lowest BCUT2D eigenvalue weighted by atomic mass is 9.99. The van der Waals surface area contributed by atoms with Crippen LogP contribution in [0.3, 0.4) is 0 Å². The molecule has 0 bridgehead atoms. The van der Waals surface area contributed by atoms with Crippen LogP contribution in [0, 0.1) is 11.8 Å². The number of hydrogen-bond acceptors (Lipinski definition) is 3. The Labute approximate surface area is 109 Å². The summed E-state index contributed by atoms with van der Waals surface area (Å²) in [6.45, 7) is 5.12. The van der Waals surface area contributed by atoms with Crippen LogP contribution in [0.15, 0.2) is 17.3 Å². The van der Waals surface area contributed by atoms with Gasteiger partial charge in [0.1, 0.15) is 0 Å². The van der Waals surface area contributed by atoms with Crippen LogP contribution in [-0.2, 0) is 9.53 Å². The van der Waals surface area contributed by atoms with Crippen molar-refractivity contribution in [2.75, 3.05) is 26.3 Å². The lowest BCUT2D eigenvalue weighted by Crippen LogP contribution is -2.37. The van der Waals surface area contributed by atoms with Gasteiger partial charge in [-0.05, 0) is 32.1 Å². The summed E-state index contributed by atoms with van der Waals surface area (Å²) in [5, 5.41) is 0. The predicted octanol–water partition coefficient (Wildman–Crippen LogP) is 1.87. The molecule has 1 amide bonds. The van der Waals surface area contributed by atoms with E-state index in [1.54, 1.807) is 6.21 Å². The maximum absolute atomic E-state index is 12.3. The molecule has 2 heterocycles. The Morgan fingerprint density at radius 2 is 2.11 bits per heavy atom. The zero-order valence-electron chi connectivity index (χ0n) is 11.0. The van der Waals surface area contributed by atoms with Gasteiger partial charge in [0.15, 0.2) is 0 Å². The van der Waals surface area contributed by atoms with E-state index in [9.17, 15) is 4.79 Å². The normalized spacial score (nSPS) is 26.5. The molecule has 2 aliphatic rings. The first-order chi connectivity index (χ1) is 8.81. The Morgan fingerprint density at radius 1 is 1.33 bits per heavy atom. The summed E-state index contributed by atoms with van der Waals surface area (Å²) >= 11 is 0. The molecule has 0 aromatic rings. The van der Waals surface area contributed by atoms with Crippen molar-refractivity contribution in [2.45, 2.75) is 26.2 Å². The maximum Gasteiger partial charge on any atom is 0.225 e. The van der Waals surface area contributed by atoms with Crippen molar-refractivity contribution in [2.24, 2.45) is 16.8 Å². The summed E-state index contributed by atoms with van der Waals surface area (Å²) < 4.78 is 5.30. The van der Waals surface area contributed by atoms with E-state index in [2.05, 4.69) is 11.1 Å². The smallest absolute Gasteiger partial charge is 0.225 e. The summed E-state index contributed by atoms with van der Waals surface area (Å²) in [6.07, 6.45) is 8.55. The number of nitrogens with zero attached hydrogens (tertiary/aromatic N) is 2. The number of aliphatic imine (C=N–C) groups is 1. The molecule has 1 unspecified atom stereocenters. The van der Waals surface area contributed by atoms with Crippen LogP contribution < -0.4 is 0 Å². The Balaban J connectivity index is 1.82. The minimum Gasteiger partial charge on any atom is -0.381 e. The van der Waals surface area contributed by atoms with Crippen LogP contribution in [0.5, 0.6) is 0 Å². The number of ether oxygens (including phenoxy) is 1. The van der Waals surface area contributed by atoms with Gasteiger partial charge >= 0.3 is 0 Å². The SMILES string of the molecule is CC=N/C=C\C1CCN(C(=O)C2CCOCC2)C1. The molecule has 2 aliphatic heterocycles. The van der Waals surface area contributed by atoms with Crippen LogP contribution in [0.25, 0.3) is 0 Å².